The molecule has 2 aliphatic heterocycles. The minimum Gasteiger partial charge on any atom is -0.395 e. The Morgan fingerprint density at radius 1 is 1.27 bits per heavy atom. The number of hydrogen-bond donors (Lipinski definition) is 4. The number of nitrogens with zero attached hydrogens (tertiary/aromatic N) is 4. The fourth-order valence-corrected chi connectivity index (χ4v) is 3.23. The van der Waals surface area contributed by atoms with E-state index >= 15 is 0 Å². The van der Waals surface area contributed by atoms with Crippen LogP contribution < -0.4 is 11.4 Å². The first kappa shape index (κ1) is 18.7. The molecule has 0 unspecified atom stereocenters. The molecule has 1 amide bonds. The predicted octanol–water partition coefficient (Wildman–Crippen LogP) is -3.42. The molecule has 0 aromatic carbocycles. The third-order valence-corrected chi connectivity index (χ3v) is 4.71. The van der Waals surface area contributed by atoms with Crippen LogP contribution in [0.15, 0.2) is 17.1 Å². The molecule has 3 heterocycles. The van der Waals surface area contributed by atoms with Crippen LogP contribution >= 0.6 is 0 Å². The number of carbonyl (C=O) groups is 1. The quantitative estimate of drug-likeness (QED) is 0.425. The third kappa shape index (κ3) is 3.57. The van der Waals surface area contributed by atoms with Gasteiger partial charge in [-0.05, 0) is 6.07 Å². The summed E-state index contributed by atoms with van der Waals surface area (Å²) in [5.74, 6) is -0.424. The molecule has 3 rings (SSSR count). The van der Waals surface area contributed by atoms with Gasteiger partial charge in [0.15, 0.2) is 12.3 Å². The Balaban J connectivity index is 1.69. The van der Waals surface area contributed by atoms with Crippen molar-refractivity contribution in [2.45, 2.75) is 24.5 Å². The molecule has 2 fully saturated rings. The Hall–Kier alpha value is -2.05. The molecule has 11 heteroatoms. The van der Waals surface area contributed by atoms with Gasteiger partial charge in [-0.15, -0.1) is 0 Å². The summed E-state index contributed by atoms with van der Waals surface area (Å²) in [5.41, 5.74) is 4.69. The average molecular weight is 369 g/mol. The van der Waals surface area contributed by atoms with Gasteiger partial charge in [0.05, 0.1) is 6.61 Å². The molecule has 144 valence electrons. The molecular weight excluding hydrogens is 346 g/mol. The summed E-state index contributed by atoms with van der Waals surface area (Å²) in [4.78, 5) is 31.7. The summed E-state index contributed by atoms with van der Waals surface area (Å²) in [5, 5.41) is 29.4. The van der Waals surface area contributed by atoms with Crippen LogP contribution in [0.2, 0.25) is 0 Å². The van der Waals surface area contributed by atoms with E-state index in [2.05, 4.69) is 4.98 Å². The number of carbonyl (C=O) groups excluding carboxylic acids is 1. The van der Waals surface area contributed by atoms with E-state index in [4.69, 9.17) is 15.6 Å². The Labute approximate surface area is 149 Å². The number of rotatable bonds is 4. The Morgan fingerprint density at radius 3 is 2.58 bits per heavy atom. The van der Waals surface area contributed by atoms with E-state index in [0.717, 1.165) is 4.57 Å². The number of β-amino-alcohol motifs (C(OH)–C–C–N with tert-alkyl or cyclic N) is 1. The molecule has 0 radical (unpaired) electrons. The number of amides is 1. The van der Waals surface area contributed by atoms with Crippen LogP contribution in [-0.4, -0.2) is 98.2 Å². The standard InChI is InChI=1S/C15H23N5O6/c16-9-1-2-20(15(25)17-9)14-11(23)10(22)12(26-14)13(24)19-5-3-18(4-6-19)7-8-21/h1-2,10-12,14,21-23H,3-8H2,(H2,16,17,25)/t10-,11+,12-,14+/m0/s1. The highest BCUT2D eigenvalue weighted by Gasteiger charge is 2.49. The van der Waals surface area contributed by atoms with Gasteiger partial charge in [-0.1, -0.05) is 0 Å². The second-order valence-electron chi connectivity index (χ2n) is 6.36. The minimum absolute atomic E-state index is 0.0210. The molecule has 2 saturated heterocycles. The monoisotopic (exact) mass is 369 g/mol. The summed E-state index contributed by atoms with van der Waals surface area (Å²) < 4.78 is 6.52. The molecular formula is C15H23N5O6. The number of hydrogen-bond acceptors (Lipinski definition) is 9. The van der Waals surface area contributed by atoms with Crippen LogP contribution in [0.5, 0.6) is 0 Å². The zero-order chi connectivity index (χ0) is 18.8. The highest BCUT2D eigenvalue weighted by atomic mass is 16.6. The maximum atomic E-state index is 12.7. The molecule has 0 bridgehead atoms. The van der Waals surface area contributed by atoms with Gasteiger partial charge in [0.1, 0.15) is 18.0 Å². The SMILES string of the molecule is Nc1ccn([C@@H]2O[C@H](C(=O)N3CCN(CCO)CC3)[C@@H](O)[C@H]2O)c(=O)n1. The molecule has 4 atom stereocenters. The number of aliphatic hydroxyl groups excluding tert-OH is 3. The Kier molecular flexibility index (Phi) is 5.53. The fourth-order valence-electron chi connectivity index (χ4n) is 3.23. The van der Waals surface area contributed by atoms with Crippen molar-refractivity contribution in [1.82, 2.24) is 19.4 Å². The maximum Gasteiger partial charge on any atom is 0.351 e. The molecule has 0 aliphatic carbocycles. The lowest BCUT2D eigenvalue weighted by Gasteiger charge is -2.35. The van der Waals surface area contributed by atoms with Crippen molar-refractivity contribution in [3.05, 3.63) is 22.7 Å². The van der Waals surface area contributed by atoms with E-state index < -0.39 is 36.1 Å². The van der Waals surface area contributed by atoms with E-state index in [1.165, 1.54) is 12.3 Å². The summed E-state index contributed by atoms with van der Waals surface area (Å²) in [6, 6.07) is 1.36. The summed E-state index contributed by atoms with van der Waals surface area (Å²) >= 11 is 0. The number of nitrogen functional groups attached to an aromatic ring is 1. The van der Waals surface area contributed by atoms with Crippen LogP contribution in [0.1, 0.15) is 6.23 Å². The van der Waals surface area contributed by atoms with Crippen molar-refractivity contribution in [3.8, 4) is 0 Å². The largest absolute Gasteiger partial charge is 0.395 e. The second kappa shape index (κ2) is 7.68. The summed E-state index contributed by atoms with van der Waals surface area (Å²) in [7, 11) is 0. The van der Waals surface area contributed by atoms with Crippen molar-refractivity contribution in [2.75, 3.05) is 45.1 Å². The maximum absolute atomic E-state index is 12.7. The van der Waals surface area contributed by atoms with Crippen LogP contribution in [0.4, 0.5) is 5.82 Å². The molecule has 5 N–H and O–H groups in total. The lowest BCUT2D eigenvalue weighted by Crippen LogP contribution is -2.53. The van der Waals surface area contributed by atoms with Gasteiger partial charge in [-0.2, -0.15) is 4.98 Å². The highest BCUT2D eigenvalue weighted by Crippen LogP contribution is 2.29. The number of aliphatic hydroxyl groups is 3. The van der Waals surface area contributed by atoms with Gasteiger partial charge in [0.2, 0.25) is 0 Å². The Bertz CT molecular complexity index is 704. The van der Waals surface area contributed by atoms with Gasteiger partial charge in [-0.3, -0.25) is 14.3 Å². The van der Waals surface area contributed by atoms with Gasteiger partial charge >= 0.3 is 5.69 Å². The molecule has 2 aliphatic rings. The smallest absolute Gasteiger partial charge is 0.351 e. The highest BCUT2D eigenvalue weighted by molar-refractivity contribution is 5.82. The van der Waals surface area contributed by atoms with Crippen molar-refractivity contribution in [2.24, 2.45) is 0 Å². The number of anilines is 1. The van der Waals surface area contributed by atoms with Gasteiger partial charge in [0.25, 0.3) is 5.91 Å². The topological polar surface area (TPSA) is 154 Å². The van der Waals surface area contributed by atoms with E-state index in [9.17, 15) is 19.8 Å². The molecule has 1 aromatic rings. The molecule has 11 nitrogen and oxygen atoms in total. The first-order chi connectivity index (χ1) is 12.4. The van der Waals surface area contributed by atoms with Crippen LogP contribution in [-0.2, 0) is 9.53 Å². The van der Waals surface area contributed by atoms with E-state index in [-0.39, 0.29) is 12.4 Å². The van der Waals surface area contributed by atoms with Gasteiger partial charge < -0.3 is 30.7 Å². The van der Waals surface area contributed by atoms with E-state index in [1.54, 1.807) is 4.90 Å². The van der Waals surface area contributed by atoms with Crippen LogP contribution in [0.3, 0.4) is 0 Å². The number of ether oxygens (including phenoxy) is 1. The van der Waals surface area contributed by atoms with Gasteiger partial charge in [0, 0.05) is 38.9 Å². The van der Waals surface area contributed by atoms with E-state index in [0.29, 0.717) is 32.7 Å². The van der Waals surface area contributed by atoms with Crippen molar-refractivity contribution in [3.63, 3.8) is 0 Å². The summed E-state index contributed by atoms with van der Waals surface area (Å²) in [6.07, 6.45) is -4.12. The number of aromatic nitrogens is 2. The van der Waals surface area contributed by atoms with Crippen LogP contribution in [0.25, 0.3) is 0 Å². The molecule has 0 spiro atoms. The number of piperazine rings is 1. The minimum atomic E-state index is -1.47. The molecule has 0 saturated carbocycles. The second-order valence-corrected chi connectivity index (χ2v) is 6.36. The van der Waals surface area contributed by atoms with Crippen molar-refractivity contribution in [1.29, 1.82) is 0 Å². The average Bonchev–Trinajstić information content (AvgIpc) is 2.91. The fraction of sp³-hybridized carbons (Fsp3) is 0.667. The lowest BCUT2D eigenvalue weighted by atomic mass is 10.1. The lowest BCUT2D eigenvalue weighted by molar-refractivity contribution is -0.150. The zero-order valence-electron chi connectivity index (χ0n) is 14.1. The first-order valence-electron chi connectivity index (χ1n) is 8.40. The molecule has 26 heavy (non-hydrogen) atoms. The normalized spacial score (nSPS) is 29.9. The Morgan fingerprint density at radius 2 is 1.96 bits per heavy atom. The zero-order valence-corrected chi connectivity index (χ0v) is 14.1. The van der Waals surface area contributed by atoms with Crippen molar-refractivity contribution >= 4 is 11.7 Å². The number of nitrogens with two attached hydrogens (primary N) is 1. The van der Waals surface area contributed by atoms with Crippen LogP contribution in [0, 0.1) is 0 Å². The predicted molar refractivity (Wildman–Crippen MR) is 88.9 cm³/mol. The van der Waals surface area contributed by atoms with Crippen molar-refractivity contribution < 1.29 is 24.9 Å². The third-order valence-electron chi connectivity index (χ3n) is 4.71. The van der Waals surface area contributed by atoms with Gasteiger partial charge in [-0.25, -0.2) is 4.79 Å². The summed E-state index contributed by atoms with van der Waals surface area (Å²) in [6.45, 7) is 2.64. The van der Waals surface area contributed by atoms with E-state index in [1.807, 2.05) is 4.90 Å². The molecule has 1 aromatic heterocycles. The first-order valence-corrected chi connectivity index (χ1v) is 8.40.